The molecule has 14 heavy (non-hydrogen) atoms. The average molecular weight is 199 g/mol. The molecule has 0 aromatic heterocycles. The van der Waals surface area contributed by atoms with Crippen molar-refractivity contribution in [1.29, 1.82) is 0 Å². The van der Waals surface area contributed by atoms with Crippen molar-refractivity contribution in [3.63, 3.8) is 0 Å². The van der Waals surface area contributed by atoms with Crippen molar-refractivity contribution in [3.05, 3.63) is 0 Å². The molecule has 1 saturated carbocycles. The summed E-state index contributed by atoms with van der Waals surface area (Å²) < 4.78 is 0. The molecule has 1 fully saturated rings. The zero-order valence-corrected chi connectivity index (χ0v) is 9.08. The zero-order chi connectivity index (χ0) is 10.6. The highest BCUT2D eigenvalue weighted by Crippen LogP contribution is 2.28. The molecule has 0 amide bonds. The van der Waals surface area contributed by atoms with Crippen molar-refractivity contribution in [2.75, 3.05) is 6.54 Å². The minimum absolute atomic E-state index is 0.0948. The Morgan fingerprint density at radius 1 is 1.57 bits per heavy atom. The van der Waals surface area contributed by atoms with E-state index in [9.17, 15) is 0 Å². The van der Waals surface area contributed by atoms with Gasteiger partial charge in [0, 0.05) is 18.0 Å². The number of hydrogen-bond donors (Lipinski definition) is 3. The van der Waals surface area contributed by atoms with E-state index in [4.69, 9.17) is 10.9 Å². The summed E-state index contributed by atoms with van der Waals surface area (Å²) in [6.07, 6.45) is 5.08. The van der Waals surface area contributed by atoms with Crippen LogP contribution in [0.25, 0.3) is 0 Å². The highest BCUT2D eigenvalue weighted by molar-refractivity contribution is 5.82. The Hall–Kier alpha value is -0.770. The fraction of sp³-hybridized carbons (Fsp3) is 0.900. The van der Waals surface area contributed by atoms with Gasteiger partial charge in [-0.15, -0.1) is 0 Å². The van der Waals surface area contributed by atoms with Crippen molar-refractivity contribution < 1.29 is 5.21 Å². The lowest BCUT2D eigenvalue weighted by Crippen LogP contribution is -2.44. The Kier molecular flexibility index (Phi) is 3.75. The Labute approximate surface area is 85.6 Å². The van der Waals surface area contributed by atoms with Gasteiger partial charge < -0.3 is 16.3 Å². The average Bonchev–Trinajstić information content (AvgIpc) is 2.61. The van der Waals surface area contributed by atoms with E-state index < -0.39 is 0 Å². The summed E-state index contributed by atoms with van der Waals surface area (Å²) in [7, 11) is 0. The van der Waals surface area contributed by atoms with Crippen LogP contribution >= 0.6 is 0 Å². The predicted molar refractivity (Wildman–Crippen MR) is 57.4 cm³/mol. The predicted octanol–water partition coefficient (Wildman–Crippen LogP) is 1.29. The third-order valence-corrected chi connectivity index (χ3v) is 3.16. The van der Waals surface area contributed by atoms with E-state index in [1.165, 1.54) is 25.7 Å². The van der Waals surface area contributed by atoms with Crippen molar-refractivity contribution in [2.45, 2.75) is 45.1 Å². The number of oxime groups is 1. The number of rotatable bonds is 4. The van der Waals surface area contributed by atoms with Crippen LogP contribution in [0, 0.1) is 5.92 Å². The standard InChI is InChI=1S/C10H21N3O/c1-8(9(11)13-14)7-12-10(2)5-3-4-6-10/h8,12,14H,3-7H2,1-2H3,(H2,11,13). The summed E-state index contributed by atoms with van der Waals surface area (Å²) in [4.78, 5) is 0. The molecule has 0 saturated heterocycles. The SMILES string of the molecule is CC(CNC1(C)CCCC1)C(N)=NO. The molecule has 1 rings (SSSR count). The maximum atomic E-state index is 8.50. The summed E-state index contributed by atoms with van der Waals surface area (Å²) >= 11 is 0. The van der Waals surface area contributed by atoms with Crippen LogP contribution in [-0.4, -0.2) is 23.1 Å². The lowest BCUT2D eigenvalue weighted by atomic mass is 9.99. The number of nitrogens with two attached hydrogens (primary N) is 1. The maximum absolute atomic E-state index is 8.50. The molecule has 0 heterocycles. The van der Waals surface area contributed by atoms with Gasteiger partial charge in [0.2, 0.25) is 0 Å². The molecule has 0 bridgehead atoms. The highest BCUT2D eigenvalue weighted by atomic mass is 16.4. The first-order chi connectivity index (χ1) is 6.57. The summed E-state index contributed by atoms with van der Waals surface area (Å²) in [5.74, 6) is 0.400. The molecule has 0 aromatic carbocycles. The van der Waals surface area contributed by atoms with Crippen molar-refractivity contribution in [3.8, 4) is 0 Å². The molecule has 1 unspecified atom stereocenters. The van der Waals surface area contributed by atoms with Crippen LogP contribution in [-0.2, 0) is 0 Å². The largest absolute Gasteiger partial charge is 0.409 e. The Balaban J connectivity index is 2.32. The molecule has 0 aliphatic heterocycles. The Bertz CT molecular complexity index is 209. The van der Waals surface area contributed by atoms with Crippen molar-refractivity contribution in [1.82, 2.24) is 5.32 Å². The molecule has 4 nitrogen and oxygen atoms in total. The second kappa shape index (κ2) is 4.64. The second-order valence-electron chi connectivity index (χ2n) is 4.57. The van der Waals surface area contributed by atoms with E-state index >= 15 is 0 Å². The number of nitrogens with zero attached hydrogens (tertiary/aromatic N) is 1. The van der Waals surface area contributed by atoms with Gasteiger partial charge in [0.15, 0.2) is 0 Å². The molecular weight excluding hydrogens is 178 g/mol. The molecule has 4 N–H and O–H groups in total. The van der Waals surface area contributed by atoms with Crippen LogP contribution in [0.15, 0.2) is 5.16 Å². The molecular formula is C10H21N3O. The van der Waals surface area contributed by atoms with Gasteiger partial charge in [-0.2, -0.15) is 0 Å². The van der Waals surface area contributed by atoms with E-state index in [0.717, 1.165) is 6.54 Å². The molecule has 0 aromatic rings. The lowest BCUT2D eigenvalue weighted by Gasteiger charge is -2.27. The van der Waals surface area contributed by atoms with E-state index in [-0.39, 0.29) is 11.5 Å². The van der Waals surface area contributed by atoms with Gasteiger partial charge in [0.05, 0.1) is 0 Å². The van der Waals surface area contributed by atoms with Crippen molar-refractivity contribution in [2.24, 2.45) is 16.8 Å². The fourth-order valence-electron chi connectivity index (χ4n) is 1.93. The number of hydrogen-bond acceptors (Lipinski definition) is 3. The smallest absolute Gasteiger partial charge is 0.143 e. The molecule has 1 atom stereocenters. The summed E-state index contributed by atoms with van der Waals surface area (Å²) in [6, 6.07) is 0. The van der Waals surface area contributed by atoms with Crippen LogP contribution in [0.5, 0.6) is 0 Å². The first kappa shape index (κ1) is 11.3. The molecule has 0 spiro atoms. The lowest BCUT2D eigenvalue weighted by molar-refractivity contribution is 0.310. The van der Waals surface area contributed by atoms with Gasteiger partial charge >= 0.3 is 0 Å². The summed E-state index contributed by atoms with van der Waals surface area (Å²) in [6.45, 7) is 4.99. The van der Waals surface area contributed by atoms with Crippen LogP contribution in [0.2, 0.25) is 0 Å². The van der Waals surface area contributed by atoms with E-state index in [1.54, 1.807) is 0 Å². The third kappa shape index (κ3) is 2.87. The zero-order valence-electron chi connectivity index (χ0n) is 9.08. The van der Waals surface area contributed by atoms with Crippen molar-refractivity contribution >= 4 is 5.84 Å². The monoisotopic (exact) mass is 199 g/mol. The van der Waals surface area contributed by atoms with Crippen LogP contribution < -0.4 is 11.1 Å². The third-order valence-electron chi connectivity index (χ3n) is 3.16. The van der Waals surface area contributed by atoms with Crippen LogP contribution in [0.4, 0.5) is 0 Å². The van der Waals surface area contributed by atoms with Gasteiger partial charge in [-0.25, -0.2) is 0 Å². The number of nitrogens with one attached hydrogen (secondary N) is 1. The highest BCUT2D eigenvalue weighted by Gasteiger charge is 2.28. The first-order valence-corrected chi connectivity index (χ1v) is 5.30. The van der Waals surface area contributed by atoms with Gasteiger partial charge in [0.25, 0.3) is 0 Å². The fourth-order valence-corrected chi connectivity index (χ4v) is 1.93. The topological polar surface area (TPSA) is 70.6 Å². The van der Waals surface area contributed by atoms with Crippen LogP contribution in [0.3, 0.4) is 0 Å². The van der Waals surface area contributed by atoms with Crippen LogP contribution in [0.1, 0.15) is 39.5 Å². The minimum atomic E-state index is 0.0948. The van der Waals surface area contributed by atoms with E-state index in [1.807, 2.05) is 6.92 Å². The van der Waals surface area contributed by atoms with Gasteiger partial charge in [-0.1, -0.05) is 24.9 Å². The second-order valence-corrected chi connectivity index (χ2v) is 4.57. The molecule has 1 aliphatic rings. The molecule has 1 aliphatic carbocycles. The summed E-state index contributed by atoms with van der Waals surface area (Å²) in [5, 5.41) is 15.0. The molecule has 82 valence electrons. The van der Waals surface area contributed by atoms with Gasteiger partial charge in [0.1, 0.15) is 5.84 Å². The molecule has 0 radical (unpaired) electrons. The minimum Gasteiger partial charge on any atom is -0.409 e. The normalized spacial score (nSPS) is 23.7. The van der Waals surface area contributed by atoms with Gasteiger partial charge in [-0.3, -0.25) is 0 Å². The Morgan fingerprint density at radius 2 is 2.14 bits per heavy atom. The number of amidine groups is 1. The summed E-state index contributed by atoms with van der Waals surface area (Å²) in [5.41, 5.74) is 5.77. The maximum Gasteiger partial charge on any atom is 0.143 e. The van der Waals surface area contributed by atoms with Gasteiger partial charge in [-0.05, 0) is 19.8 Å². The molecule has 4 heteroatoms. The van der Waals surface area contributed by atoms with E-state index in [2.05, 4.69) is 17.4 Å². The first-order valence-electron chi connectivity index (χ1n) is 5.30. The quantitative estimate of drug-likeness (QED) is 0.276. The van der Waals surface area contributed by atoms with E-state index in [0.29, 0.717) is 5.84 Å². The Morgan fingerprint density at radius 3 is 2.64 bits per heavy atom.